The Balaban J connectivity index is 1.33. The number of ether oxygens (including phenoxy) is 1. The summed E-state index contributed by atoms with van der Waals surface area (Å²) in [5.74, 6) is 0.787. The summed E-state index contributed by atoms with van der Waals surface area (Å²) in [7, 11) is 0. The predicted molar refractivity (Wildman–Crippen MR) is 95.2 cm³/mol. The summed E-state index contributed by atoms with van der Waals surface area (Å²) >= 11 is 0. The monoisotopic (exact) mass is 342 g/mol. The highest BCUT2D eigenvalue weighted by atomic mass is 16.5. The molecule has 0 amide bonds. The first kappa shape index (κ1) is 16.8. The zero-order valence-electron chi connectivity index (χ0n) is 14.4. The fourth-order valence-electron chi connectivity index (χ4n) is 3.56. The van der Waals surface area contributed by atoms with Crippen molar-refractivity contribution in [3.63, 3.8) is 0 Å². The minimum atomic E-state index is -0.374. The molecule has 5 nitrogen and oxygen atoms in total. The van der Waals surface area contributed by atoms with Gasteiger partial charge in [-0.1, -0.05) is 41.9 Å². The van der Waals surface area contributed by atoms with Crippen LogP contribution in [-0.4, -0.2) is 41.2 Å². The average Bonchev–Trinajstić information content (AvgIpc) is 3.05. The van der Waals surface area contributed by atoms with E-state index in [0.29, 0.717) is 6.04 Å². The Morgan fingerprint density at radius 1 is 1.12 bits per heavy atom. The Morgan fingerprint density at radius 2 is 1.96 bits per heavy atom. The molecule has 3 atom stereocenters. The van der Waals surface area contributed by atoms with E-state index in [1.54, 1.807) is 0 Å². The molecule has 2 fully saturated rings. The standard InChI is InChI=1S/C20H26N2O3/c23-18-10-9-17(24-20(18)13-21-15-7-4-8-15)11-16-12-19(25-22-16)14-5-2-1-3-6-14/h1-3,5-6,12,15,17-18,20-21,23H,4,7-11,13H2/t17-,18-,20+/m0/s1. The number of aromatic nitrogens is 1. The van der Waals surface area contributed by atoms with E-state index < -0.39 is 0 Å². The van der Waals surface area contributed by atoms with Crippen molar-refractivity contribution in [2.75, 3.05) is 6.54 Å². The van der Waals surface area contributed by atoms with Crippen LogP contribution in [0.25, 0.3) is 11.3 Å². The molecular weight excluding hydrogens is 316 g/mol. The lowest BCUT2D eigenvalue weighted by atomic mass is 9.92. The molecule has 1 saturated carbocycles. The van der Waals surface area contributed by atoms with Crippen LogP contribution in [0.15, 0.2) is 40.9 Å². The fourth-order valence-corrected chi connectivity index (χ4v) is 3.56. The van der Waals surface area contributed by atoms with Gasteiger partial charge in [0.2, 0.25) is 0 Å². The molecule has 4 rings (SSSR count). The van der Waals surface area contributed by atoms with Gasteiger partial charge in [0.25, 0.3) is 0 Å². The maximum Gasteiger partial charge on any atom is 0.167 e. The fraction of sp³-hybridized carbons (Fsp3) is 0.550. The topological polar surface area (TPSA) is 67.5 Å². The summed E-state index contributed by atoms with van der Waals surface area (Å²) in [5.41, 5.74) is 1.94. The van der Waals surface area contributed by atoms with Crippen LogP contribution in [0, 0.1) is 0 Å². The van der Waals surface area contributed by atoms with Crippen molar-refractivity contribution in [1.82, 2.24) is 10.5 Å². The van der Waals surface area contributed by atoms with Crippen molar-refractivity contribution in [2.24, 2.45) is 0 Å². The molecule has 1 saturated heterocycles. The number of benzene rings is 1. The molecular formula is C20H26N2O3. The molecule has 2 heterocycles. The minimum Gasteiger partial charge on any atom is -0.390 e. The van der Waals surface area contributed by atoms with Gasteiger partial charge < -0.3 is 19.7 Å². The predicted octanol–water partition coefficient (Wildman–Crippen LogP) is 2.93. The molecule has 0 bridgehead atoms. The van der Waals surface area contributed by atoms with Crippen molar-refractivity contribution >= 4 is 0 Å². The molecule has 2 aromatic rings. The second-order valence-electron chi connectivity index (χ2n) is 7.23. The highest BCUT2D eigenvalue weighted by molar-refractivity contribution is 5.56. The van der Waals surface area contributed by atoms with Crippen LogP contribution < -0.4 is 5.32 Å². The zero-order chi connectivity index (χ0) is 17.1. The van der Waals surface area contributed by atoms with Gasteiger partial charge in [-0.25, -0.2) is 0 Å². The van der Waals surface area contributed by atoms with Gasteiger partial charge in [0.15, 0.2) is 5.76 Å². The van der Waals surface area contributed by atoms with Gasteiger partial charge in [-0.05, 0) is 25.7 Å². The molecule has 0 spiro atoms. The van der Waals surface area contributed by atoms with E-state index in [1.165, 1.54) is 19.3 Å². The van der Waals surface area contributed by atoms with Crippen LogP contribution in [0.2, 0.25) is 0 Å². The van der Waals surface area contributed by atoms with Crippen LogP contribution >= 0.6 is 0 Å². The van der Waals surface area contributed by atoms with E-state index in [0.717, 1.165) is 42.8 Å². The number of hydrogen-bond acceptors (Lipinski definition) is 5. The lowest BCUT2D eigenvalue weighted by molar-refractivity contribution is -0.116. The first-order valence-electron chi connectivity index (χ1n) is 9.36. The zero-order valence-corrected chi connectivity index (χ0v) is 14.4. The smallest absolute Gasteiger partial charge is 0.167 e. The maximum absolute atomic E-state index is 10.2. The lowest BCUT2D eigenvalue weighted by Crippen LogP contribution is -2.48. The van der Waals surface area contributed by atoms with E-state index in [4.69, 9.17) is 9.26 Å². The van der Waals surface area contributed by atoms with Crippen molar-refractivity contribution in [2.45, 2.75) is 62.9 Å². The van der Waals surface area contributed by atoms with Gasteiger partial charge in [0.1, 0.15) is 0 Å². The Morgan fingerprint density at radius 3 is 2.72 bits per heavy atom. The van der Waals surface area contributed by atoms with Gasteiger partial charge in [-0.15, -0.1) is 0 Å². The molecule has 25 heavy (non-hydrogen) atoms. The molecule has 5 heteroatoms. The normalized spacial score (nSPS) is 27.2. The van der Waals surface area contributed by atoms with Crippen molar-refractivity contribution in [3.05, 3.63) is 42.1 Å². The highest BCUT2D eigenvalue weighted by Crippen LogP contribution is 2.25. The highest BCUT2D eigenvalue weighted by Gasteiger charge is 2.31. The third-order valence-corrected chi connectivity index (χ3v) is 5.35. The van der Waals surface area contributed by atoms with Crippen LogP contribution in [-0.2, 0) is 11.2 Å². The third kappa shape index (κ3) is 4.11. The second-order valence-corrected chi connectivity index (χ2v) is 7.23. The van der Waals surface area contributed by atoms with Crippen LogP contribution in [0.3, 0.4) is 0 Å². The molecule has 0 radical (unpaired) electrons. The van der Waals surface area contributed by atoms with Gasteiger partial charge in [0, 0.05) is 30.6 Å². The molecule has 2 N–H and O–H groups in total. The summed E-state index contributed by atoms with van der Waals surface area (Å²) in [6.45, 7) is 0.733. The van der Waals surface area contributed by atoms with Crippen molar-refractivity contribution in [1.29, 1.82) is 0 Å². The van der Waals surface area contributed by atoms with Gasteiger partial charge in [-0.3, -0.25) is 0 Å². The Kier molecular flexibility index (Phi) is 5.15. The first-order chi connectivity index (χ1) is 12.3. The van der Waals surface area contributed by atoms with E-state index in [9.17, 15) is 5.11 Å². The van der Waals surface area contributed by atoms with E-state index in [-0.39, 0.29) is 18.3 Å². The largest absolute Gasteiger partial charge is 0.390 e. The van der Waals surface area contributed by atoms with E-state index in [1.807, 2.05) is 36.4 Å². The van der Waals surface area contributed by atoms with E-state index >= 15 is 0 Å². The van der Waals surface area contributed by atoms with Gasteiger partial charge >= 0.3 is 0 Å². The van der Waals surface area contributed by atoms with Crippen molar-refractivity contribution < 1.29 is 14.4 Å². The van der Waals surface area contributed by atoms with Crippen molar-refractivity contribution in [3.8, 4) is 11.3 Å². The SMILES string of the molecule is O[C@H]1CC[C@@H](Cc2cc(-c3ccccc3)on2)O[C@@H]1CNC1CCC1. The van der Waals surface area contributed by atoms with Crippen LogP contribution in [0.1, 0.15) is 37.8 Å². The maximum atomic E-state index is 10.2. The molecule has 1 aliphatic carbocycles. The lowest BCUT2D eigenvalue weighted by Gasteiger charge is -2.36. The van der Waals surface area contributed by atoms with Gasteiger partial charge in [-0.2, -0.15) is 0 Å². The Hall–Kier alpha value is -1.69. The summed E-state index contributed by atoms with van der Waals surface area (Å²) < 4.78 is 11.6. The van der Waals surface area contributed by atoms with Gasteiger partial charge in [0.05, 0.1) is 24.0 Å². The molecule has 0 unspecified atom stereocenters. The number of aliphatic hydroxyl groups is 1. The summed E-state index contributed by atoms with van der Waals surface area (Å²) in [5, 5.41) is 17.9. The number of nitrogens with zero attached hydrogens (tertiary/aromatic N) is 1. The number of nitrogens with one attached hydrogen (secondary N) is 1. The molecule has 1 aliphatic heterocycles. The quantitative estimate of drug-likeness (QED) is 0.845. The van der Waals surface area contributed by atoms with Crippen LogP contribution in [0.4, 0.5) is 0 Å². The third-order valence-electron chi connectivity index (χ3n) is 5.35. The van der Waals surface area contributed by atoms with E-state index in [2.05, 4.69) is 10.5 Å². The van der Waals surface area contributed by atoms with Crippen LogP contribution in [0.5, 0.6) is 0 Å². The minimum absolute atomic E-state index is 0.0883. The second kappa shape index (κ2) is 7.68. The Labute approximate surface area is 148 Å². The first-order valence-corrected chi connectivity index (χ1v) is 9.36. The molecule has 1 aromatic heterocycles. The number of aliphatic hydroxyl groups excluding tert-OH is 1. The number of hydrogen-bond donors (Lipinski definition) is 2. The summed E-state index contributed by atoms with van der Waals surface area (Å²) in [6, 6.07) is 12.6. The molecule has 2 aliphatic rings. The average molecular weight is 342 g/mol. The summed E-state index contributed by atoms with van der Waals surface area (Å²) in [4.78, 5) is 0. The summed E-state index contributed by atoms with van der Waals surface area (Å²) in [6.07, 6.45) is 5.75. The molecule has 134 valence electrons. The Bertz CT molecular complexity index is 669. The number of rotatable bonds is 6. The molecule has 1 aromatic carbocycles.